The summed E-state index contributed by atoms with van der Waals surface area (Å²) in [5.41, 5.74) is 7.62. The van der Waals surface area contributed by atoms with Crippen LogP contribution in [0.2, 0.25) is 0 Å². The Morgan fingerprint density at radius 1 is 1.00 bits per heavy atom. The lowest BCUT2D eigenvalue weighted by atomic mass is 9.81. The van der Waals surface area contributed by atoms with E-state index in [1.165, 1.54) is 17.2 Å². The van der Waals surface area contributed by atoms with E-state index in [-0.39, 0.29) is 12.1 Å². The number of allylic oxidation sites excluding steroid dienone is 3. The summed E-state index contributed by atoms with van der Waals surface area (Å²) in [5, 5.41) is 11.9. The molecule has 0 aromatic heterocycles. The molecule has 0 saturated heterocycles. The first kappa shape index (κ1) is 29.2. The van der Waals surface area contributed by atoms with E-state index in [1.54, 1.807) is 6.08 Å². The third kappa shape index (κ3) is 6.93. The molecule has 0 bridgehead atoms. The molecule has 1 atom stereocenters. The molecule has 6 nitrogen and oxygen atoms in total. The summed E-state index contributed by atoms with van der Waals surface area (Å²) in [5.74, 6) is 0.324. The topological polar surface area (TPSA) is 78.9 Å². The van der Waals surface area contributed by atoms with Crippen molar-refractivity contribution in [3.05, 3.63) is 102 Å². The summed E-state index contributed by atoms with van der Waals surface area (Å²) in [6.07, 6.45) is 11.6. The van der Waals surface area contributed by atoms with Crippen LogP contribution in [-0.2, 0) is 11.2 Å². The molecule has 1 heterocycles. The second-order valence-corrected chi connectivity index (χ2v) is 11.2. The minimum atomic E-state index is -0.914. The van der Waals surface area contributed by atoms with Crippen LogP contribution in [0.4, 0.5) is 16.2 Å². The van der Waals surface area contributed by atoms with Crippen LogP contribution in [0.15, 0.2) is 90.5 Å². The van der Waals surface area contributed by atoms with Crippen molar-refractivity contribution >= 4 is 23.4 Å². The molecule has 0 spiro atoms. The van der Waals surface area contributed by atoms with Gasteiger partial charge in [0, 0.05) is 11.8 Å². The minimum absolute atomic E-state index is 0.0726. The second-order valence-electron chi connectivity index (χ2n) is 11.2. The molecule has 2 amide bonds. The van der Waals surface area contributed by atoms with Gasteiger partial charge in [-0.25, -0.2) is 9.59 Å². The van der Waals surface area contributed by atoms with Crippen LogP contribution in [0.5, 0.6) is 5.75 Å². The van der Waals surface area contributed by atoms with Crippen molar-refractivity contribution in [1.82, 2.24) is 0 Å². The Labute approximate surface area is 248 Å². The lowest BCUT2D eigenvalue weighted by Crippen LogP contribution is -2.45. The molecule has 3 aromatic rings. The number of aryl methyl sites for hydroxylation is 1. The van der Waals surface area contributed by atoms with Gasteiger partial charge in [0.15, 0.2) is 0 Å². The third-order valence-corrected chi connectivity index (χ3v) is 8.32. The molecule has 6 heteroatoms. The van der Waals surface area contributed by atoms with Gasteiger partial charge in [0.05, 0.1) is 12.2 Å². The third-order valence-electron chi connectivity index (χ3n) is 8.32. The summed E-state index contributed by atoms with van der Waals surface area (Å²) in [7, 11) is 0. The van der Waals surface area contributed by atoms with Gasteiger partial charge < -0.3 is 15.2 Å². The number of hydrogen-bond donors (Lipinski definition) is 2. The minimum Gasteiger partial charge on any atom is -0.486 e. The van der Waals surface area contributed by atoms with E-state index >= 15 is 0 Å². The van der Waals surface area contributed by atoms with E-state index < -0.39 is 5.97 Å². The zero-order valence-electron chi connectivity index (χ0n) is 24.5. The zero-order chi connectivity index (χ0) is 29.5. The number of amides is 2. The number of urea groups is 1. The highest BCUT2D eigenvalue weighted by Crippen LogP contribution is 2.40. The monoisotopic (exact) mass is 564 g/mol. The van der Waals surface area contributed by atoms with Gasteiger partial charge in [-0.05, 0) is 84.9 Å². The first-order valence-electron chi connectivity index (χ1n) is 15.1. The van der Waals surface area contributed by atoms with E-state index in [1.807, 2.05) is 35.2 Å². The molecule has 1 saturated carbocycles. The molecule has 2 aliphatic rings. The Balaban J connectivity index is 1.30. The molecule has 0 radical (unpaired) electrons. The van der Waals surface area contributed by atoms with Crippen molar-refractivity contribution in [2.75, 3.05) is 16.8 Å². The quantitative estimate of drug-likeness (QED) is 0.268. The lowest BCUT2D eigenvalue weighted by Gasteiger charge is -2.35. The largest absolute Gasteiger partial charge is 0.486 e. The van der Waals surface area contributed by atoms with Crippen LogP contribution in [-0.4, -0.2) is 29.8 Å². The highest BCUT2D eigenvalue weighted by Gasteiger charge is 2.30. The number of nitrogens with zero attached hydrogens (tertiary/aromatic N) is 1. The van der Waals surface area contributed by atoms with Gasteiger partial charge in [-0.1, -0.05) is 86.5 Å². The smallest absolute Gasteiger partial charge is 0.328 e. The Bertz CT molecular complexity index is 1460. The number of anilines is 2. The van der Waals surface area contributed by atoms with Gasteiger partial charge >= 0.3 is 12.0 Å². The number of carboxylic acids is 1. The molecule has 42 heavy (non-hydrogen) atoms. The molecule has 2 N–H and O–H groups in total. The molecule has 218 valence electrons. The highest BCUT2D eigenvalue weighted by molar-refractivity contribution is 6.03. The maximum Gasteiger partial charge on any atom is 0.328 e. The number of carboxylic acid groups (broad SMARTS) is 1. The predicted octanol–water partition coefficient (Wildman–Crippen LogP) is 8.74. The number of para-hydroxylation sites is 1. The number of nitrogens with one attached hydrogen (secondary N) is 1. The van der Waals surface area contributed by atoms with E-state index in [0.717, 1.165) is 78.8 Å². The SMILES string of the molecule is CCCc1ccccc1NC(=O)N1CC(CC)Oc2cc(-c3ccc(C4CCC(=CC=CC(=O)O)CC4)cc3)ccc21. The van der Waals surface area contributed by atoms with E-state index in [0.29, 0.717) is 12.5 Å². The van der Waals surface area contributed by atoms with E-state index in [2.05, 4.69) is 61.6 Å². The van der Waals surface area contributed by atoms with Crippen molar-refractivity contribution < 1.29 is 19.4 Å². The van der Waals surface area contributed by atoms with E-state index in [9.17, 15) is 9.59 Å². The van der Waals surface area contributed by atoms with Crippen molar-refractivity contribution in [2.24, 2.45) is 0 Å². The van der Waals surface area contributed by atoms with Crippen LogP contribution in [0.3, 0.4) is 0 Å². The van der Waals surface area contributed by atoms with Gasteiger partial charge in [0.2, 0.25) is 0 Å². The summed E-state index contributed by atoms with van der Waals surface area (Å²) in [6, 6.07) is 22.8. The summed E-state index contributed by atoms with van der Waals surface area (Å²) >= 11 is 0. The van der Waals surface area contributed by atoms with Crippen LogP contribution in [0.25, 0.3) is 11.1 Å². The highest BCUT2D eigenvalue weighted by atomic mass is 16.5. The van der Waals surface area contributed by atoms with Crippen LogP contribution in [0, 0.1) is 0 Å². The first-order chi connectivity index (χ1) is 20.4. The molecule has 3 aromatic carbocycles. The molecular formula is C36H40N2O4. The maximum atomic E-state index is 13.5. The number of hydrogen-bond acceptors (Lipinski definition) is 3. The van der Waals surface area contributed by atoms with Crippen LogP contribution >= 0.6 is 0 Å². The Morgan fingerprint density at radius 3 is 2.45 bits per heavy atom. The van der Waals surface area contributed by atoms with Gasteiger partial charge in [-0.2, -0.15) is 0 Å². The standard InChI is InChI=1S/C36H40N2O4/c1-3-8-29-10-5-6-11-32(29)37-36(41)38-24-31(4-2)42-34-23-30(21-22-33(34)38)28-19-17-27(18-20-28)26-15-13-25(14-16-26)9-7-12-35(39)40/h5-7,9-12,17-23,26,31H,3-4,8,13-16,24H2,1-2H3,(H,37,41)(H,39,40). The Hall–Kier alpha value is -4.32. The average Bonchev–Trinajstić information content (AvgIpc) is 3.01. The van der Waals surface area contributed by atoms with Crippen molar-refractivity contribution in [3.8, 4) is 16.9 Å². The van der Waals surface area contributed by atoms with Gasteiger partial charge in [0.25, 0.3) is 0 Å². The number of carbonyl (C=O) groups is 2. The van der Waals surface area contributed by atoms with Crippen LogP contribution in [0.1, 0.15) is 69.4 Å². The number of fused-ring (bicyclic) bond motifs is 1. The van der Waals surface area contributed by atoms with Crippen LogP contribution < -0.4 is 15.0 Å². The molecule has 5 rings (SSSR count). The van der Waals surface area contributed by atoms with E-state index in [4.69, 9.17) is 9.84 Å². The normalized spacial score (nSPS) is 18.3. The average molecular weight is 565 g/mol. The fraction of sp³-hybridized carbons (Fsp3) is 0.333. The van der Waals surface area contributed by atoms with Gasteiger partial charge in [-0.3, -0.25) is 4.90 Å². The summed E-state index contributed by atoms with van der Waals surface area (Å²) < 4.78 is 6.34. The molecule has 1 aliphatic carbocycles. The molecule has 1 aliphatic heterocycles. The maximum absolute atomic E-state index is 13.5. The number of benzene rings is 3. The second kappa shape index (κ2) is 13.6. The van der Waals surface area contributed by atoms with Gasteiger partial charge in [-0.15, -0.1) is 0 Å². The van der Waals surface area contributed by atoms with Crippen molar-refractivity contribution in [3.63, 3.8) is 0 Å². The zero-order valence-corrected chi connectivity index (χ0v) is 24.5. The Kier molecular flexibility index (Phi) is 9.42. The summed E-state index contributed by atoms with van der Waals surface area (Å²) in [6.45, 7) is 4.73. The number of ether oxygens (including phenoxy) is 1. The molecule has 1 unspecified atom stereocenters. The molecular weight excluding hydrogens is 524 g/mol. The fourth-order valence-electron chi connectivity index (χ4n) is 5.95. The first-order valence-corrected chi connectivity index (χ1v) is 15.1. The summed E-state index contributed by atoms with van der Waals surface area (Å²) in [4.78, 5) is 26.0. The molecule has 1 fully saturated rings. The Morgan fingerprint density at radius 2 is 1.74 bits per heavy atom. The number of aliphatic carboxylic acids is 1. The van der Waals surface area contributed by atoms with Gasteiger partial charge in [0.1, 0.15) is 11.9 Å². The fourth-order valence-corrected chi connectivity index (χ4v) is 5.95. The lowest BCUT2D eigenvalue weighted by molar-refractivity contribution is -0.131. The number of rotatable bonds is 8. The van der Waals surface area contributed by atoms with Crippen molar-refractivity contribution in [2.45, 2.75) is 70.8 Å². The number of carbonyl (C=O) groups excluding carboxylic acids is 1. The van der Waals surface area contributed by atoms with Crippen molar-refractivity contribution in [1.29, 1.82) is 0 Å². The predicted molar refractivity (Wildman–Crippen MR) is 169 cm³/mol.